The Labute approximate surface area is 104 Å². The molecule has 0 bridgehead atoms. The molecular formula is C11H20F3N3O. The molecule has 1 aliphatic rings. The number of halogens is 3. The molecule has 3 unspecified atom stereocenters. The largest absolute Gasteiger partial charge is 0.394 e. The second-order valence-corrected chi connectivity index (χ2v) is 4.95. The van der Waals surface area contributed by atoms with Crippen LogP contribution in [0.15, 0.2) is 0 Å². The molecular weight excluding hydrogens is 247 g/mol. The van der Waals surface area contributed by atoms with Gasteiger partial charge in [-0.05, 0) is 19.8 Å². The van der Waals surface area contributed by atoms with E-state index in [0.29, 0.717) is 19.4 Å². The fourth-order valence-corrected chi connectivity index (χ4v) is 2.26. The van der Waals surface area contributed by atoms with E-state index >= 15 is 0 Å². The maximum atomic E-state index is 12.7. The summed E-state index contributed by atoms with van der Waals surface area (Å²) < 4.78 is 38.0. The number of primary amides is 1. The first-order valence-corrected chi connectivity index (χ1v) is 6.05. The maximum Gasteiger partial charge on any atom is 0.394 e. The van der Waals surface area contributed by atoms with E-state index in [0.717, 1.165) is 0 Å². The van der Waals surface area contributed by atoms with Gasteiger partial charge in [0, 0.05) is 25.7 Å². The van der Waals surface area contributed by atoms with Gasteiger partial charge in [-0.1, -0.05) is 0 Å². The van der Waals surface area contributed by atoms with E-state index in [-0.39, 0.29) is 18.5 Å². The first-order chi connectivity index (χ1) is 8.25. The number of rotatable bonds is 4. The zero-order valence-corrected chi connectivity index (χ0v) is 10.4. The lowest BCUT2D eigenvalue weighted by molar-refractivity contribution is -0.178. The molecule has 0 aliphatic carbocycles. The minimum atomic E-state index is -4.30. The zero-order valence-electron chi connectivity index (χ0n) is 10.4. The van der Waals surface area contributed by atoms with Gasteiger partial charge < -0.3 is 11.5 Å². The molecule has 7 heteroatoms. The second-order valence-electron chi connectivity index (χ2n) is 4.95. The van der Waals surface area contributed by atoms with Gasteiger partial charge in [0.2, 0.25) is 5.91 Å². The van der Waals surface area contributed by atoms with E-state index in [2.05, 4.69) is 0 Å². The lowest BCUT2D eigenvalue weighted by Crippen LogP contribution is -2.50. The van der Waals surface area contributed by atoms with Crippen LogP contribution in [0.25, 0.3) is 0 Å². The zero-order chi connectivity index (χ0) is 13.9. The molecule has 1 saturated heterocycles. The van der Waals surface area contributed by atoms with Crippen molar-refractivity contribution in [2.24, 2.45) is 23.3 Å². The predicted octanol–water partition coefficient (Wildman–Crippen LogP) is 0.709. The average Bonchev–Trinajstić information content (AvgIpc) is 2.25. The van der Waals surface area contributed by atoms with Gasteiger partial charge in [0.25, 0.3) is 0 Å². The number of alkyl halides is 3. The fraction of sp³-hybridized carbons (Fsp3) is 0.909. The van der Waals surface area contributed by atoms with Crippen LogP contribution < -0.4 is 11.5 Å². The Morgan fingerprint density at radius 3 is 2.50 bits per heavy atom. The van der Waals surface area contributed by atoms with E-state index < -0.39 is 24.5 Å². The average molecular weight is 267 g/mol. The van der Waals surface area contributed by atoms with Gasteiger partial charge in [0.05, 0.1) is 11.8 Å². The van der Waals surface area contributed by atoms with Gasteiger partial charge in [-0.3, -0.25) is 9.69 Å². The summed E-state index contributed by atoms with van der Waals surface area (Å²) in [7, 11) is 0. The van der Waals surface area contributed by atoms with Gasteiger partial charge in [0.15, 0.2) is 0 Å². The normalized spacial score (nSPS) is 28.1. The molecule has 0 radical (unpaired) electrons. The summed E-state index contributed by atoms with van der Waals surface area (Å²) in [6, 6.07) is 0.0250. The Bertz CT molecular complexity index is 296. The smallest absolute Gasteiger partial charge is 0.369 e. The van der Waals surface area contributed by atoms with Crippen molar-refractivity contribution in [3.63, 3.8) is 0 Å². The highest BCUT2D eigenvalue weighted by atomic mass is 19.4. The molecule has 0 spiro atoms. The van der Waals surface area contributed by atoms with Crippen LogP contribution in [0.2, 0.25) is 0 Å². The number of carbonyl (C=O) groups is 1. The molecule has 1 rings (SSSR count). The molecule has 0 aromatic rings. The SMILES string of the molecule is CC1CCC(C(N)=O)CN1CC(CN)C(F)(F)F. The van der Waals surface area contributed by atoms with E-state index in [1.165, 1.54) is 0 Å². The van der Waals surface area contributed by atoms with Crippen molar-refractivity contribution in [1.82, 2.24) is 4.90 Å². The molecule has 1 fully saturated rings. The van der Waals surface area contributed by atoms with E-state index in [4.69, 9.17) is 11.5 Å². The van der Waals surface area contributed by atoms with Gasteiger partial charge in [-0.2, -0.15) is 13.2 Å². The summed E-state index contributed by atoms with van der Waals surface area (Å²) in [6.07, 6.45) is -2.97. The van der Waals surface area contributed by atoms with Crippen molar-refractivity contribution >= 4 is 5.91 Å². The number of amides is 1. The number of likely N-dealkylation sites (tertiary alicyclic amines) is 1. The topological polar surface area (TPSA) is 72.4 Å². The summed E-state index contributed by atoms with van der Waals surface area (Å²) in [4.78, 5) is 12.8. The van der Waals surface area contributed by atoms with Crippen molar-refractivity contribution in [1.29, 1.82) is 0 Å². The van der Waals surface area contributed by atoms with Crippen LogP contribution in [0.3, 0.4) is 0 Å². The standard InChI is InChI=1S/C11H20F3N3O/c1-7-2-3-8(10(16)18)5-17(7)6-9(4-15)11(12,13)14/h7-9H,2-6,15H2,1H3,(H2,16,18). The number of hydrogen-bond donors (Lipinski definition) is 2. The third kappa shape index (κ3) is 3.84. The number of hydrogen-bond acceptors (Lipinski definition) is 3. The van der Waals surface area contributed by atoms with Crippen LogP contribution in [0.4, 0.5) is 13.2 Å². The Morgan fingerprint density at radius 2 is 2.06 bits per heavy atom. The minimum Gasteiger partial charge on any atom is -0.369 e. The molecule has 0 aromatic carbocycles. The molecule has 4 nitrogen and oxygen atoms in total. The molecule has 1 aliphatic heterocycles. The molecule has 0 saturated carbocycles. The highest BCUT2D eigenvalue weighted by Gasteiger charge is 2.41. The number of nitrogens with two attached hydrogens (primary N) is 2. The molecule has 106 valence electrons. The first kappa shape index (κ1) is 15.2. The van der Waals surface area contributed by atoms with Crippen molar-refractivity contribution in [3.05, 3.63) is 0 Å². The molecule has 3 atom stereocenters. The molecule has 0 aromatic heterocycles. The molecule has 1 heterocycles. The Kier molecular flexibility index (Phi) is 4.98. The van der Waals surface area contributed by atoms with Gasteiger partial charge in [-0.25, -0.2) is 0 Å². The first-order valence-electron chi connectivity index (χ1n) is 6.05. The van der Waals surface area contributed by atoms with Crippen LogP contribution in [0.5, 0.6) is 0 Å². The minimum absolute atomic E-state index is 0.0250. The molecule has 1 amide bonds. The fourth-order valence-electron chi connectivity index (χ4n) is 2.26. The van der Waals surface area contributed by atoms with Crippen LogP contribution in [0, 0.1) is 11.8 Å². The van der Waals surface area contributed by atoms with Crippen molar-refractivity contribution in [3.8, 4) is 0 Å². The Morgan fingerprint density at radius 1 is 1.44 bits per heavy atom. The van der Waals surface area contributed by atoms with Gasteiger partial charge in [0.1, 0.15) is 0 Å². The second kappa shape index (κ2) is 5.88. The molecule has 4 N–H and O–H groups in total. The van der Waals surface area contributed by atoms with E-state index in [1.54, 1.807) is 4.90 Å². The Hall–Kier alpha value is -0.820. The van der Waals surface area contributed by atoms with Crippen molar-refractivity contribution in [2.45, 2.75) is 32.0 Å². The van der Waals surface area contributed by atoms with Crippen LogP contribution >= 0.6 is 0 Å². The van der Waals surface area contributed by atoms with Crippen LogP contribution in [-0.4, -0.2) is 42.7 Å². The lowest BCUT2D eigenvalue weighted by atomic mass is 9.92. The summed E-state index contributed by atoms with van der Waals surface area (Å²) in [5, 5.41) is 0. The maximum absolute atomic E-state index is 12.7. The Balaban J connectivity index is 2.65. The van der Waals surface area contributed by atoms with Crippen LogP contribution in [0.1, 0.15) is 19.8 Å². The van der Waals surface area contributed by atoms with Crippen molar-refractivity contribution in [2.75, 3.05) is 19.6 Å². The summed E-state index contributed by atoms with van der Waals surface area (Å²) >= 11 is 0. The van der Waals surface area contributed by atoms with Crippen molar-refractivity contribution < 1.29 is 18.0 Å². The van der Waals surface area contributed by atoms with Gasteiger partial charge >= 0.3 is 6.18 Å². The third-order valence-electron chi connectivity index (χ3n) is 3.62. The number of piperidine rings is 1. The van der Waals surface area contributed by atoms with Crippen LogP contribution in [-0.2, 0) is 4.79 Å². The summed E-state index contributed by atoms with van der Waals surface area (Å²) in [6.45, 7) is 1.56. The number of nitrogens with zero attached hydrogens (tertiary/aromatic N) is 1. The highest BCUT2D eigenvalue weighted by Crippen LogP contribution is 2.29. The third-order valence-corrected chi connectivity index (χ3v) is 3.62. The van der Waals surface area contributed by atoms with E-state index in [1.807, 2.05) is 6.92 Å². The quantitative estimate of drug-likeness (QED) is 0.788. The highest BCUT2D eigenvalue weighted by molar-refractivity contribution is 5.76. The summed E-state index contributed by atoms with van der Waals surface area (Å²) in [5.41, 5.74) is 10.4. The van der Waals surface area contributed by atoms with E-state index in [9.17, 15) is 18.0 Å². The predicted molar refractivity (Wildman–Crippen MR) is 61.6 cm³/mol. The lowest BCUT2D eigenvalue weighted by Gasteiger charge is -2.38. The summed E-state index contributed by atoms with van der Waals surface area (Å²) in [5.74, 6) is -2.34. The monoisotopic (exact) mass is 267 g/mol. The number of carbonyl (C=O) groups excluding carboxylic acids is 1. The molecule has 18 heavy (non-hydrogen) atoms. The van der Waals surface area contributed by atoms with Gasteiger partial charge in [-0.15, -0.1) is 0 Å².